The van der Waals surface area contributed by atoms with Gasteiger partial charge in [-0.25, -0.2) is 0 Å². The van der Waals surface area contributed by atoms with Gasteiger partial charge in [-0.3, -0.25) is 43.4 Å². The maximum Gasteiger partial charge on any atom is 0.311 e. The third-order valence-corrected chi connectivity index (χ3v) is 7.07. The van der Waals surface area contributed by atoms with Crippen molar-refractivity contribution in [3.05, 3.63) is 94.5 Å². The first-order valence-electron chi connectivity index (χ1n) is 13.6. The highest BCUT2D eigenvalue weighted by Crippen LogP contribution is 2.27. The Labute approximate surface area is 246 Å². The predicted octanol–water partition coefficient (Wildman–Crippen LogP) is 3.85. The number of ether oxygens (including phenoxy) is 2. The number of fused-ring (bicyclic) bond motifs is 2. The van der Waals surface area contributed by atoms with Crippen molar-refractivity contribution in [1.29, 1.82) is 0 Å². The molecule has 0 N–H and O–H groups in total. The summed E-state index contributed by atoms with van der Waals surface area (Å²) in [4.78, 5) is 89.2. The van der Waals surface area contributed by atoms with Gasteiger partial charge in [-0.1, -0.05) is 24.3 Å². The molecule has 0 saturated carbocycles. The number of ketones is 1. The molecular formula is C32H26N2O9. The van der Waals surface area contributed by atoms with E-state index in [2.05, 4.69) is 0 Å². The second-order valence-electron chi connectivity index (χ2n) is 9.98. The Bertz CT molecular complexity index is 1620. The van der Waals surface area contributed by atoms with Crippen LogP contribution in [-0.2, 0) is 9.59 Å². The Kier molecular flexibility index (Phi) is 8.24. The molecule has 2 aliphatic rings. The van der Waals surface area contributed by atoms with Crippen LogP contribution in [0.1, 0.15) is 84.4 Å². The van der Waals surface area contributed by atoms with Crippen LogP contribution in [0.3, 0.4) is 0 Å². The number of hydrogen-bond donors (Lipinski definition) is 0. The van der Waals surface area contributed by atoms with Gasteiger partial charge in [0.25, 0.3) is 23.6 Å². The van der Waals surface area contributed by atoms with Gasteiger partial charge in [0.2, 0.25) is 0 Å². The normalized spacial score (nSPS) is 13.7. The number of imide groups is 2. The van der Waals surface area contributed by atoms with E-state index in [1.165, 1.54) is 25.1 Å². The smallest absolute Gasteiger partial charge is 0.311 e. The lowest BCUT2D eigenvalue weighted by Gasteiger charge is -2.14. The molecule has 0 aromatic heterocycles. The molecule has 43 heavy (non-hydrogen) atoms. The molecule has 0 fully saturated rings. The molecule has 0 radical (unpaired) electrons. The lowest BCUT2D eigenvalue weighted by atomic mass is 10.1. The molecule has 2 heterocycles. The van der Waals surface area contributed by atoms with Gasteiger partial charge >= 0.3 is 11.9 Å². The first kappa shape index (κ1) is 29.1. The molecule has 0 saturated heterocycles. The minimum absolute atomic E-state index is 0.0185. The largest absolute Gasteiger partial charge is 0.426 e. The average molecular weight is 583 g/mol. The van der Waals surface area contributed by atoms with Crippen LogP contribution in [-0.4, -0.2) is 64.2 Å². The number of hydrogen-bond acceptors (Lipinski definition) is 9. The lowest BCUT2D eigenvalue weighted by molar-refractivity contribution is -0.135. The van der Waals surface area contributed by atoms with Crippen LogP contribution in [0, 0.1) is 0 Å². The molecule has 0 unspecified atom stereocenters. The minimum Gasteiger partial charge on any atom is -0.426 e. The van der Waals surface area contributed by atoms with Crippen LogP contribution in [0.4, 0.5) is 0 Å². The topological polar surface area (TPSA) is 144 Å². The van der Waals surface area contributed by atoms with E-state index < -0.39 is 41.4 Å². The average Bonchev–Trinajstić information content (AvgIpc) is 3.38. The van der Waals surface area contributed by atoms with Crippen molar-refractivity contribution in [3.63, 3.8) is 0 Å². The van der Waals surface area contributed by atoms with E-state index in [0.717, 1.165) is 9.80 Å². The quantitative estimate of drug-likeness (QED) is 0.142. The Morgan fingerprint density at radius 2 is 1.02 bits per heavy atom. The molecule has 0 spiro atoms. The lowest BCUT2D eigenvalue weighted by Crippen LogP contribution is -2.31. The standard InChI is InChI=1S/C32H26N2O9/c1-19(35)25-18-20(42-27(36)12-6-16-33-29(38)21-8-2-3-9-22(21)30(33)39)14-15-26(25)43-28(37)13-7-17-34-31(40)23-10-4-5-11-24(23)32(34)41/h2-5,8-11,14-15,18H,6-7,12-13,16-17H2,1H3. The van der Waals surface area contributed by atoms with Gasteiger partial charge in [0.1, 0.15) is 11.5 Å². The number of rotatable bonds is 11. The van der Waals surface area contributed by atoms with Crippen LogP contribution < -0.4 is 9.47 Å². The highest BCUT2D eigenvalue weighted by atomic mass is 16.5. The number of Topliss-reactive ketones (excluding diaryl/α,β-unsaturated/α-hetero) is 1. The van der Waals surface area contributed by atoms with Crippen LogP contribution in [0.5, 0.6) is 11.5 Å². The van der Waals surface area contributed by atoms with Gasteiger partial charge in [-0.2, -0.15) is 0 Å². The van der Waals surface area contributed by atoms with Crippen molar-refractivity contribution in [2.45, 2.75) is 32.6 Å². The zero-order chi connectivity index (χ0) is 30.7. The molecule has 3 aromatic rings. The van der Waals surface area contributed by atoms with Crippen molar-refractivity contribution in [2.75, 3.05) is 13.1 Å². The number of nitrogens with zero attached hydrogens (tertiary/aromatic N) is 2. The van der Waals surface area contributed by atoms with Gasteiger partial charge in [0.05, 0.1) is 27.8 Å². The highest BCUT2D eigenvalue weighted by molar-refractivity contribution is 6.22. The van der Waals surface area contributed by atoms with E-state index in [0.29, 0.717) is 22.3 Å². The van der Waals surface area contributed by atoms with Gasteiger partial charge < -0.3 is 9.47 Å². The summed E-state index contributed by atoms with van der Waals surface area (Å²) >= 11 is 0. The van der Waals surface area contributed by atoms with Gasteiger partial charge in [0.15, 0.2) is 5.78 Å². The third kappa shape index (κ3) is 5.96. The van der Waals surface area contributed by atoms with Crippen molar-refractivity contribution >= 4 is 41.4 Å². The summed E-state index contributed by atoms with van der Waals surface area (Å²) in [6.45, 7) is 1.34. The highest BCUT2D eigenvalue weighted by Gasteiger charge is 2.35. The summed E-state index contributed by atoms with van der Waals surface area (Å²) in [5.74, 6) is -3.35. The van der Waals surface area contributed by atoms with E-state index in [-0.39, 0.29) is 55.8 Å². The summed E-state index contributed by atoms with van der Waals surface area (Å²) in [6.07, 6.45) is 0.137. The Hall–Kier alpha value is -5.45. The minimum atomic E-state index is -0.669. The van der Waals surface area contributed by atoms with E-state index in [9.17, 15) is 33.6 Å². The Morgan fingerprint density at radius 3 is 1.44 bits per heavy atom. The van der Waals surface area contributed by atoms with Gasteiger partial charge in [-0.05, 0) is 62.2 Å². The van der Waals surface area contributed by atoms with Crippen molar-refractivity contribution in [3.8, 4) is 11.5 Å². The number of carbonyl (C=O) groups excluding carboxylic acids is 7. The maximum absolute atomic E-state index is 12.5. The number of carbonyl (C=O) groups is 7. The Balaban J connectivity index is 1.11. The van der Waals surface area contributed by atoms with Gasteiger partial charge in [0, 0.05) is 25.9 Å². The molecule has 218 valence electrons. The van der Waals surface area contributed by atoms with Crippen LogP contribution in [0.25, 0.3) is 0 Å². The molecule has 0 bridgehead atoms. The fraction of sp³-hybridized carbons (Fsp3) is 0.219. The summed E-state index contributed by atoms with van der Waals surface area (Å²) in [7, 11) is 0. The predicted molar refractivity (Wildman–Crippen MR) is 150 cm³/mol. The first-order chi connectivity index (χ1) is 20.7. The second kappa shape index (κ2) is 12.2. The van der Waals surface area contributed by atoms with Crippen molar-refractivity contribution in [2.24, 2.45) is 0 Å². The van der Waals surface area contributed by atoms with E-state index in [4.69, 9.17) is 9.47 Å². The maximum atomic E-state index is 12.5. The molecule has 11 nitrogen and oxygen atoms in total. The second-order valence-corrected chi connectivity index (χ2v) is 9.98. The molecule has 5 rings (SSSR count). The third-order valence-electron chi connectivity index (χ3n) is 7.07. The van der Waals surface area contributed by atoms with E-state index >= 15 is 0 Å². The Morgan fingerprint density at radius 1 is 0.605 bits per heavy atom. The molecule has 0 atom stereocenters. The van der Waals surface area contributed by atoms with Crippen LogP contribution >= 0.6 is 0 Å². The molecule has 2 aliphatic heterocycles. The summed E-state index contributed by atoms with van der Waals surface area (Å²) < 4.78 is 10.7. The zero-order valence-corrected chi connectivity index (χ0v) is 23.2. The molecule has 11 heteroatoms. The molecule has 0 aliphatic carbocycles. The molecular weight excluding hydrogens is 556 g/mol. The molecule has 3 aromatic carbocycles. The summed E-state index contributed by atoms with van der Waals surface area (Å²) in [5, 5.41) is 0. The van der Waals surface area contributed by atoms with Crippen molar-refractivity contribution < 1.29 is 43.0 Å². The van der Waals surface area contributed by atoms with Gasteiger partial charge in [-0.15, -0.1) is 0 Å². The van der Waals surface area contributed by atoms with E-state index in [1.54, 1.807) is 48.5 Å². The fourth-order valence-electron chi connectivity index (χ4n) is 4.94. The summed E-state index contributed by atoms with van der Waals surface area (Å²) in [5.41, 5.74) is 1.32. The zero-order valence-electron chi connectivity index (χ0n) is 23.2. The van der Waals surface area contributed by atoms with Crippen molar-refractivity contribution in [1.82, 2.24) is 9.80 Å². The number of amides is 4. The SMILES string of the molecule is CC(=O)c1cc(OC(=O)CCCN2C(=O)c3ccccc3C2=O)ccc1OC(=O)CCCN1C(=O)c2ccccc2C1=O. The van der Waals surface area contributed by atoms with E-state index in [1.807, 2.05) is 0 Å². The number of esters is 2. The monoisotopic (exact) mass is 582 g/mol. The van der Waals surface area contributed by atoms with Crippen LogP contribution in [0.2, 0.25) is 0 Å². The van der Waals surface area contributed by atoms with Crippen LogP contribution in [0.15, 0.2) is 66.7 Å². The number of benzene rings is 3. The molecule has 4 amide bonds. The summed E-state index contributed by atoms with van der Waals surface area (Å²) in [6, 6.07) is 17.0. The first-order valence-corrected chi connectivity index (χ1v) is 13.6. The fourth-order valence-corrected chi connectivity index (χ4v) is 4.94.